The van der Waals surface area contributed by atoms with Crippen LogP contribution >= 0.6 is 0 Å². The van der Waals surface area contributed by atoms with Crippen molar-refractivity contribution in [3.63, 3.8) is 0 Å². The average Bonchev–Trinajstić information content (AvgIpc) is 2.35. The van der Waals surface area contributed by atoms with Crippen molar-refractivity contribution in [1.82, 2.24) is 5.32 Å². The van der Waals surface area contributed by atoms with Gasteiger partial charge in [0, 0.05) is 18.7 Å². The number of nitrogens with one attached hydrogen (secondary N) is 1. The van der Waals surface area contributed by atoms with Crippen LogP contribution in [0.4, 0.5) is 0 Å². The highest BCUT2D eigenvalue weighted by Crippen LogP contribution is 2.19. The first-order valence-electron chi connectivity index (χ1n) is 5.95. The van der Waals surface area contributed by atoms with Crippen LogP contribution in [0.2, 0.25) is 0 Å². The van der Waals surface area contributed by atoms with Crippen molar-refractivity contribution in [2.75, 3.05) is 13.7 Å². The zero-order chi connectivity index (χ0) is 12.7. The molecular weight excluding hydrogens is 212 g/mol. The van der Waals surface area contributed by atoms with Crippen LogP contribution in [0.5, 0.6) is 5.75 Å². The van der Waals surface area contributed by atoms with E-state index >= 15 is 0 Å². The number of nitrogens with zero attached hydrogens (tertiary/aromatic N) is 1. The van der Waals surface area contributed by atoms with Crippen molar-refractivity contribution in [2.45, 2.75) is 26.8 Å². The van der Waals surface area contributed by atoms with E-state index in [1.165, 1.54) is 5.56 Å². The second-order valence-corrected chi connectivity index (χ2v) is 4.18. The molecule has 1 aromatic carbocycles. The van der Waals surface area contributed by atoms with Gasteiger partial charge in [0.1, 0.15) is 5.75 Å². The lowest BCUT2D eigenvalue weighted by molar-refractivity contribution is 0.406. The lowest BCUT2D eigenvalue weighted by atomic mass is 10.1. The van der Waals surface area contributed by atoms with Gasteiger partial charge < -0.3 is 10.1 Å². The van der Waals surface area contributed by atoms with Crippen LogP contribution in [-0.2, 0) is 6.54 Å². The molecule has 1 N–H and O–H groups in total. The molecule has 92 valence electrons. The molecule has 0 amide bonds. The fourth-order valence-corrected chi connectivity index (χ4v) is 1.71. The van der Waals surface area contributed by atoms with Crippen molar-refractivity contribution in [1.29, 1.82) is 5.26 Å². The number of hydrogen-bond donors (Lipinski definition) is 1. The third kappa shape index (κ3) is 4.08. The van der Waals surface area contributed by atoms with Crippen molar-refractivity contribution in [2.24, 2.45) is 5.92 Å². The van der Waals surface area contributed by atoms with Gasteiger partial charge in [0.2, 0.25) is 0 Å². The molecule has 0 aliphatic rings. The number of ether oxygens (including phenoxy) is 1. The van der Waals surface area contributed by atoms with Gasteiger partial charge in [-0.25, -0.2) is 0 Å². The van der Waals surface area contributed by atoms with Gasteiger partial charge in [-0.15, -0.1) is 0 Å². The van der Waals surface area contributed by atoms with Crippen LogP contribution in [0.15, 0.2) is 18.2 Å². The van der Waals surface area contributed by atoms with Crippen LogP contribution in [0.1, 0.15) is 24.5 Å². The molecule has 0 aromatic heterocycles. The van der Waals surface area contributed by atoms with E-state index in [-0.39, 0.29) is 5.92 Å². The average molecular weight is 232 g/mol. The van der Waals surface area contributed by atoms with E-state index in [0.29, 0.717) is 0 Å². The van der Waals surface area contributed by atoms with Gasteiger partial charge in [-0.05, 0) is 19.4 Å². The van der Waals surface area contributed by atoms with E-state index in [1.807, 2.05) is 19.1 Å². The summed E-state index contributed by atoms with van der Waals surface area (Å²) in [6, 6.07) is 8.41. The summed E-state index contributed by atoms with van der Waals surface area (Å²) in [7, 11) is 1.68. The Hall–Kier alpha value is -1.53. The number of rotatable bonds is 6. The molecule has 17 heavy (non-hydrogen) atoms. The number of benzene rings is 1. The van der Waals surface area contributed by atoms with E-state index in [0.717, 1.165) is 30.8 Å². The largest absolute Gasteiger partial charge is 0.496 e. The minimum atomic E-state index is 0.0887. The number of aryl methyl sites for hydroxylation is 1. The first-order chi connectivity index (χ1) is 8.21. The fourth-order valence-electron chi connectivity index (χ4n) is 1.71. The lowest BCUT2D eigenvalue weighted by Gasteiger charge is -2.12. The van der Waals surface area contributed by atoms with Crippen molar-refractivity contribution >= 4 is 0 Å². The van der Waals surface area contributed by atoms with Gasteiger partial charge in [0.15, 0.2) is 0 Å². The maximum absolute atomic E-state index is 8.85. The van der Waals surface area contributed by atoms with Crippen molar-refractivity contribution < 1.29 is 4.74 Å². The third-order valence-corrected chi connectivity index (χ3v) is 2.82. The van der Waals surface area contributed by atoms with Crippen LogP contribution in [-0.4, -0.2) is 13.7 Å². The monoisotopic (exact) mass is 232 g/mol. The Bertz CT molecular complexity index is 396. The lowest BCUT2D eigenvalue weighted by Crippen LogP contribution is -2.21. The molecule has 1 aromatic rings. The van der Waals surface area contributed by atoms with Crippen LogP contribution in [0.25, 0.3) is 0 Å². The molecule has 0 heterocycles. The summed E-state index contributed by atoms with van der Waals surface area (Å²) in [6.07, 6.45) is 0.883. The van der Waals surface area contributed by atoms with Gasteiger partial charge in [0.05, 0.1) is 19.1 Å². The summed E-state index contributed by atoms with van der Waals surface area (Å²) in [5.41, 5.74) is 2.36. The number of nitriles is 1. The predicted octanol–water partition coefficient (Wildman–Crippen LogP) is 2.64. The van der Waals surface area contributed by atoms with E-state index in [9.17, 15) is 0 Å². The molecule has 0 saturated heterocycles. The Morgan fingerprint density at radius 2 is 2.24 bits per heavy atom. The molecule has 1 unspecified atom stereocenters. The first kappa shape index (κ1) is 13.5. The quantitative estimate of drug-likeness (QED) is 0.820. The number of methoxy groups -OCH3 is 1. The molecule has 0 spiro atoms. The van der Waals surface area contributed by atoms with Crippen LogP contribution in [0.3, 0.4) is 0 Å². The molecular formula is C14H20N2O. The molecule has 1 atom stereocenters. The molecule has 0 fully saturated rings. The Morgan fingerprint density at radius 3 is 2.82 bits per heavy atom. The molecule has 0 saturated carbocycles. The van der Waals surface area contributed by atoms with E-state index in [4.69, 9.17) is 10.00 Å². The predicted molar refractivity (Wildman–Crippen MR) is 68.8 cm³/mol. The molecule has 0 bridgehead atoms. The standard InChI is InChI=1S/C14H20N2O/c1-4-12(8-15)9-16-10-13-7-11(2)5-6-14(13)17-3/h5-7,12,16H,4,9-10H2,1-3H3. The van der Waals surface area contributed by atoms with E-state index in [2.05, 4.69) is 24.4 Å². The highest BCUT2D eigenvalue weighted by molar-refractivity contribution is 5.36. The summed E-state index contributed by atoms with van der Waals surface area (Å²) in [5, 5.41) is 12.2. The van der Waals surface area contributed by atoms with Crippen LogP contribution < -0.4 is 10.1 Å². The SMILES string of the molecule is CCC(C#N)CNCc1cc(C)ccc1OC. The van der Waals surface area contributed by atoms with Gasteiger partial charge in [-0.1, -0.05) is 24.6 Å². The van der Waals surface area contributed by atoms with Crippen molar-refractivity contribution in [3.8, 4) is 11.8 Å². The topological polar surface area (TPSA) is 45.0 Å². The summed E-state index contributed by atoms with van der Waals surface area (Å²) >= 11 is 0. The molecule has 0 aliphatic heterocycles. The maximum atomic E-state index is 8.85. The maximum Gasteiger partial charge on any atom is 0.123 e. The minimum absolute atomic E-state index is 0.0887. The van der Waals surface area contributed by atoms with E-state index in [1.54, 1.807) is 7.11 Å². The Balaban J connectivity index is 2.57. The molecule has 0 aliphatic carbocycles. The van der Waals surface area contributed by atoms with Gasteiger partial charge >= 0.3 is 0 Å². The Morgan fingerprint density at radius 1 is 1.47 bits per heavy atom. The summed E-state index contributed by atoms with van der Waals surface area (Å²) in [5.74, 6) is 0.985. The highest BCUT2D eigenvalue weighted by atomic mass is 16.5. The zero-order valence-electron chi connectivity index (χ0n) is 10.8. The van der Waals surface area contributed by atoms with Gasteiger partial charge in [-0.2, -0.15) is 5.26 Å². The molecule has 1 rings (SSSR count). The molecule has 3 nitrogen and oxygen atoms in total. The number of hydrogen-bond acceptors (Lipinski definition) is 3. The van der Waals surface area contributed by atoms with Gasteiger partial charge in [-0.3, -0.25) is 0 Å². The summed E-state index contributed by atoms with van der Waals surface area (Å²) in [4.78, 5) is 0. The fraction of sp³-hybridized carbons (Fsp3) is 0.500. The summed E-state index contributed by atoms with van der Waals surface area (Å²) in [6.45, 7) is 5.56. The van der Waals surface area contributed by atoms with Gasteiger partial charge in [0.25, 0.3) is 0 Å². The normalized spacial score (nSPS) is 11.9. The summed E-state index contributed by atoms with van der Waals surface area (Å²) < 4.78 is 5.31. The Labute approximate surface area is 103 Å². The van der Waals surface area contributed by atoms with Crippen molar-refractivity contribution in [3.05, 3.63) is 29.3 Å². The second-order valence-electron chi connectivity index (χ2n) is 4.18. The molecule has 3 heteroatoms. The smallest absolute Gasteiger partial charge is 0.123 e. The highest BCUT2D eigenvalue weighted by Gasteiger charge is 2.06. The Kier molecular flexibility index (Phi) is 5.51. The second kappa shape index (κ2) is 6.93. The first-order valence-corrected chi connectivity index (χ1v) is 5.95. The molecule has 0 radical (unpaired) electrons. The minimum Gasteiger partial charge on any atom is -0.496 e. The third-order valence-electron chi connectivity index (χ3n) is 2.82. The zero-order valence-corrected chi connectivity index (χ0v) is 10.8. The van der Waals surface area contributed by atoms with E-state index < -0.39 is 0 Å². The van der Waals surface area contributed by atoms with Crippen LogP contribution in [0, 0.1) is 24.2 Å².